The lowest BCUT2D eigenvalue weighted by atomic mass is 9.81. The molecule has 0 radical (unpaired) electrons. The van der Waals surface area contributed by atoms with Crippen LogP contribution in [0.5, 0.6) is 0 Å². The number of nitrogens with one attached hydrogen (secondary N) is 1. The maximum Gasteiger partial charge on any atom is 0.345 e. The number of carbonyl (C=O) groups is 3. The number of amides is 3. The van der Waals surface area contributed by atoms with E-state index in [-0.39, 0.29) is 33.5 Å². The first kappa shape index (κ1) is 25.2. The van der Waals surface area contributed by atoms with Gasteiger partial charge in [0.2, 0.25) is 0 Å². The van der Waals surface area contributed by atoms with Crippen LogP contribution in [0, 0.1) is 11.3 Å². The quantitative estimate of drug-likeness (QED) is 0.345. The number of aromatic carboxylic acids is 1. The number of rotatable bonds is 5. The molecular formula is C25H19Cl2N5O4S. The Hall–Kier alpha value is -3.49. The van der Waals surface area contributed by atoms with Gasteiger partial charge in [-0.1, -0.05) is 35.3 Å². The maximum atomic E-state index is 14.0. The Morgan fingerprint density at radius 2 is 1.89 bits per heavy atom. The molecule has 1 aromatic carbocycles. The summed E-state index contributed by atoms with van der Waals surface area (Å²) in [5, 5.41) is 21.6. The molecule has 2 aliphatic heterocycles. The summed E-state index contributed by atoms with van der Waals surface area (Å²) in [4.78, 5) is 46.7. The van der Waals surface area contributed by atoms with Crippen molar-refractivity contribution in [3.8, 4) is 6.07 Å². The molecular weight excluding hydrogens is 537 g/mol. The zero-order chi connectivity index (χ0) is 26.5. The van der Waals surface area contributed by atoms with E-state index in [0.29, 0.717) is 12.1 Å². The minimum atomic E-state index is -1.31. The largest absolute Gasteiger partial charge is 0.477 e. The minimum Gasteiger partial charge on any atom is -0.477 e. The highest BCUT2D eigenvalue weighted by atomic mass is 35.5. The van der Waals surface area contributed by atoms with Crippen LogP contribution in [-0.2, 0) is 4.79 Å². The average Bonchev–Trinajstić information content (AvgIpc) is 3.55. The molecule has 2 aliphatic rings. The highest BCUT2D eigenvalue weighted by molar-refractivity contribution is 7.14. The van der Waals surface area contributed by atoms with Crippen molar-refractivity contribution in [2.24, 2.45) is 0 Å². The van der Waals surface area contributed by atoms with Crippen molar-refractivity contribution >= 4 is 58.1 Å². The molecule has 1 unspecified atom stereocenters. The number of thiophene rings is 1. The zero-order valence-electron chi connectivity index (χ0n) is 19.3. The van der Waals surface area contributed by atoms with Crippen molar-refractivity contribution in [2.75, 3.05) is 18.0 Å². The molecule has 2 saturated heterocycles. The van der Waals surface area contributed by atoms with Gasteiger partial charge in [-0.25, -0.2) is 19.5 Å². The number of imide groups is 1. The first-order valence-corrected chi connectivity index (χ1v) is 12.8. The summed E-state index contributed by atoms with van der Waals surface area (Å²) in [6, 6.07) is 14.3. The molecule has 5 rings (SSSR count). The van der Waals surface area contributed by atoms with E-state index in [1.165, 1.54) is 23.5 Å². The van der Waals surface area contributed by atoms with E-state index < -0.39 is 29.4 Å². The van der Waals surface area contributed by atoms with Crippen LogP contribution in [-0.4, -0.2) is 51.5 Å². The molecule has 9 nitrogen and oxygen atoms in total. The van der Waals surface area contributed by atoms with Crippen molar-refractivity contribution in [1.82, 2.24) is 15.2 Å². The summed E-state index contributed by atoms with van der Waals surface area (Å²) >= 11 is 13.3. The van der Waals surface area contributed by atoms with Gasteiger partial charge in [-0.2, -0.15) is 5.26 Å². The number of pyridine rings is 1. The number of benzene rings is 1. The van der Waals surface area contributed by atoms with Crippen LogP contribution in [0.4, 0.5) is 10.5 Å². The number of aromatic nitrogens is 1. The van der Waals surface area contributed by atoms with Crippen molar-refractivity contribution < 1.29 is 19.5 Å². The number of hydrogen-bond donors (Lipinski definition) is 2. The Balaban J connectivity index is 1.55. The van der Waals surface area contributed by atoms with Gasteiger partial charge in [-0.15, -0.1) is 11.3 Å². The molecule has 0 bridgehead atoms. The molecule has 2 fully saturated rings. The van der Waals surface area contributed by atoms with Crippen LogP contribution >= 0.6 is 34.5 Å². The number of carboxylic acid groups (broad SMARTS) is 1. The summed E-state index contributed by atoms with van der Waals surface area (Å²) in [6.45, 7) is 2.53. The van der Waals surface area contributed by atoms with Crippen LogP contribution in [0.15, 0.2) is 48.5 Å². The van der Waals surface area contributed by atoms with Gasteiger partial charge in [-0.3, -0.25) is 9.69 Å². The van der Waals surface area contributed by atoms with Crippen LogP contribution in [0.3, 0.4) is 0 Å². The van der Waals surface area contributed by atoms with Crippen molar-refractivity contribution in [1.29, 1.82) is 5.26 Å². The summed E-state index contributed by atoms with van der Waals surface area (Å²) in [5.41, 5.74) is 0.158. The Morgan fingerprint density at radius 3 is 2.49 bits per heavy atom. The summed E-state index contributed by atoms with van der Waals surface area (Å²) in [6.07, 6.45) is 0. The molecule has 3 aromatic rings. The van der Waals surface area contributed by atoms with Gasteiger partial charge in [0.15, 0.2) is 0 Å². The number of nitriles is 1. The third kappa shape index (κ3) is 4.34. The number of nitrogens with zero attached hydrogens (tertiary/aromatic N) is 4. The lowest BCUT2D eigenvalue weighted by Gasteiger charge is -2.28. The molecule has 2 N–H and O–H groups in total. The molecule has 188 valence electrons. The van der Waals surface area contributed by atoms with Gasteiger partial charge in [0.1, 0.15) is 20.7 Å². The first-order chi connectivity index (χ1) is 17.6. The number of hydrogen-bond acceptors (Lipinski definition) is 7. The smallest absolute Gasteiger partial charge is 0.345 e. The summed E-state index contributed by atoms with van der Waals surface area (Å²) in [5.74, 6) is -1.91. The fourth-order valence-corrected chi connectivity index (χ4v) is 6.37. The van der Waals surface area contributed by atoms with Crippen LogP contribution in [0.2, 0.25) is 10.3 Å². The van der Waals surface area contributed by atoms with E-state index in [1.807, 2.05) is 6.92 Å². The standard InChI is InChI=1S/C25H19Cl2N5O4S/c1-13(18-6-7-19(37-18)22(33)34)31-11-17(15-4-2-14(10-28)3-5-15)25(12-31)23(35)32(24(36)30-25)16-8-20(26)29-21(27)9-16/h2-9,13,17H,11-12H2,1H3,(H,30,36)(H,33,34)/t13?,17-,25+/m0/s1. The monoisotopic (exact) mass is 555 g/mol. The van der Waals surface area contributed by atoms with E-state index in [4.69, 9.17) is 23.2 Å². The van der Waals surface area contributed by atoms with E-state index in [2.05, 4.69) is 21.3 Å². The van der Waals surface area contributed by atoms with Gasteiger partial charge in [0, 0.05) is 29.9 Å². The summed E-state index contributed by atoms with van der Waals surface area (Å²) < 4.78 is 0. The Kier molecular flexibility index (Phi) is 6.41. The third-order valence-electron chi connectivity index (χ3n) is 6.83. The Morgan fingerprint density at radius 1 is 1.22 bits per heavy atom. The van der Waals surface area contributed by atoms with Gasteiger partial charge in [0.25, 0.3) is 5.91 Å². The average molecular weight is 556 g/mol. The van der Waals surface area contributed by atoms with Crippen LogP contribution in [0.1, 0.15) is 44.6 Å². The van der Waals surface area contributed by atoms with E-state index >= 15 is 0 Å². The van der Waals surface area contributed by atoms with Crippen molar-refractivity contribution in [3.05, 3.63) is 79.7 Å². The molecule has 3 atom stereocenters. The SMILES string of the molecule is CC(c1ccc(C(=O)O)s1)N1C[C@@H](c2ccc(C#N)cc2)[C@@]2(C1)NC(=O)N(c1cc(Cl)nc(Cl)c1)C2=O. The van der Waals surface area contributed by atoms with Crippen LogP contribution in [0.25, 0.3) is 0 Å². The normalized spacial score (nSPS) is 22.3. The van der Waals surface area contributed by atoms with Gasteiger partial charge < -0.3 is 10.4 Å². The molecule has 2 aromatic heterocycles. The number of anilines is 1. The fraction of sp³-hybridized carbons (Fsp3) is 0.240. The van der Waals surface area contributed by atoms with E-state index in [0.717, 1.165) is 15.3 Å². The third-order valence-corrected chi connectivity index (χ3v) is 8.46. The lowest BCUT2D eigenvalue weighted by Crippen LogP contribution is -2.53. The predicted molar refractivity (Wildman–Crippen MR) is 138 cm³/mol. The molecule has 37 heavy (non-hydrogen) atoms. The molecule has 12 heteroatoms. The number of carboxylic acids is 1. The summed E-state index contributed by atoms with van der Waals surface area (Å²) in [7, 11) is 0. The molecule has 0 saturated carbocycles. The van der Waals surface area contributed by atoms with Crippen molar-refractivity contribution in [2.45, 2.75) is 24.4 Å². The second-order valence-electron chi connectivity index (χ2n) is 8.91. The first-order valence-electron chi connectivity index (χ1n) is 11.2. The molecule has 4 heterocycles. The van der Waals surface area contributed by atoms with Gasteiger partial charge in [-0.05, 0) is 48.9 Å². The highest BCUT2D eigenvalue weighted by Crippen LogP contribution is 2.45. The molecule has 0 aliphatic carbocycles. The Labute approximate surface area is 225 Å². The second kappa shape index (κ2) is 9.43. The lowest BCUT2D eigenvalue weighted by molar-refractivity contribution is -0.122. The van der Waals surface area contributed by atoms with Gasteiger partial charge in [0.05, 0.1) is 17.3 Å². The molecule has 1 spiro atoms. The molecule has 3 amide bonds. The number of halogens is 2. The zero-order valence-corrected chi connectivity index (χ0v) is 21.6. The van der Waals surface area contributed by atoms with E-state index in [1.54, 1.807) is 36.4 Å². The van der Waals surface area contributed by atoms with Gasteiger partial charge >= 0.3 is 12.0 Å². The highest BCUT2D eigenvalue weighted by Gasteiger charge is 2.61. The number of urea groups is 1. The minimum absolute atomic E-state index is 0.0429. The maximum absolute atomic E-state index is 14.0. The predicted octanol–water partition coefficient (Wildman–Crippen LogP) is 4.68. The number of likely N-dealkylation sites (tertiary alicyclic amines) is 1. The topological polar surface area (TPSA) is 127 Å². The Bertz CT molecular complexity index is 1450. The van der Waals surface area contributed by atoms with E-state index in [9.17, 15) is 24.8 Å². The fourth-order valence-electron chi connectivity index (χ4n) is 4.98. The van der Waals surface area contributed by atoms with Crippen molar-refractivity contribution in [3.63, 3.8) is 0 Å². The number of carbonyl (C=O) groups excluding carboxylic acids is 2. The van der Waals surface area contributed by atoms with Crippen LogP contribution < -0.4 is 10.2 Å². The second-order valence-corrected chi connectivity index (χ2v) is 10.8.